The van der Waals surface area contributed by atoms with Crippen molar-refractivity contribution >= 4 is 17.0 Å². The molecule has 10 heteroatoms. The summed E-state index contributed by atoms with van der Waals surface area (Å²) in [4.78, 5) is 12.9. The van der Waals surface area contributed by atoms with Crippen molar-refractivity contribution in [2.75, 3.05) is 11.9 Å². The molecule has 6 atom stereocenters. The van der Waals surface area contributed by atoms with Gasteiger partial charge in [0.25, 0.3) is 0 Å². The van der Waals surface area contributed by atoms with Crippen LogP contribution < -0.4 is 5.32 Å². The molecule has 10 nitrogen and oxygen atoms in total. The van der Waals surface area contributed by atoms with Gasteiger partial charge in [-0.25, -0.2) is 15.0 Å². The fraction of sp³-hybridized carbons (Fsp3) is 0.722. The van der Waals surface area contributed by atoms with Crippen molar-refractivity contribution in [2.24, 2.45) is 0 Å². The van der Waals surface area contributed by atoms with E-state index in [-0.39, 0.29) is 6.04 Å². The standard InChI is InChI=1S/C18H27N5O5/c24-7-12-14(26)15(27)18(28-12)23-9-21-13-16(19-8-20-17(13)23)22-10-5-3-1-2-4-6-11(10)25/h8-12,14-15,18,24-27H,1-7H2,(H,19,20,22)/t10-,11-,12+,14+,15+,18+/m0/s1. The zero-order valence-electron chi connectivity index (χ0n) is 15.6. The van der Waals surface area contributed by atoms with Crippen molar-refractivity contribution < 1.29 is 25.2 Å². The Morgan fingerprint density at radius 2 is 1.82 bits per heavy atom. The zero-order chi connectivity index (χ0) is 19.7. The van der Waals surface area contributed by atoms with Gasteiger partial charge in [0.15, 0.2) is 23.2 Å². The zero-order valence-corrected chi connectivity index (χ0v) is 15.6. The van der Waals surface area contributed by atoms with Crippen molar-refractivity contribution in [3.05, 3.63) is 12.7 Å². The molecule has 5 N–H and O–H groups in total. The van der Waals surface area contributed by atoms with Gasteiger partial charge in [-0.05, 0) is 12.8 Å². The highest BCUT2D eigenvalue weighted by Crippen LogP contribution is 2.32. The highest BCUT2D eigenvalue weighted by Gasteiger charge is 2.44. The molecule has 0 aromatic carbocycles. The van der Waals surface area contributed by atoms with Crippen molar-refractivity contribution in [1.82, 2.24) is 19.5 Å². The molecule has 2 aliphatic rings. The molecular weight excluding hydrogens is 366 g/mol. The summed E-state index contributed by atoms with van der Waals surface area (Å²) in [6, 6.07) is -0.113. The Morgan fingerprint density at radius 1 is 1.04 bits per heavy atom. The molecular formula is C18H27N5O5. The van der Waals surface area contributed by atoms with Crippen LogP contribution >= 0.6 is 0 Å². The van der Waals surface area contributed by atoms with Crippen LogP contribution in [-0.4, -0.2) is 77.0 Å². The van der Waals surface area contributed by atoms with Gasteiger partial charge in [0.05, 0.1) is 25.1 Å². The molecule has 1 aliphatic heterocycles. The van der Waals surface area contributed by atoms with Gasteiger partial charge in [-0.15, -0.1) is 0 Å². The van der Waals surface area contributed by atoms with Crippen LogP contribution in [0.4, 0.5) is 5.82 Å². The van der Waals surface area contributed by atoms with Gasteiger partial charge in [-0.3, -0.25) is 4.57 Å². The third-order valence-electron chi connectivity index (χ3n) is 5.70. The number of aliphatic hydroxyl groups excluding tert-OH is 4. The minimum atomic E-state index is -1.21. The first-order chi connectivity index (χ1) is 13.6. The van der Waals surface area contributed by atoms with Gasteiger partial charge in [0.2, 0.25) is 0 Å². The Bertz CT molecular complexity index is 802. The van der Waals surface area contributed by atoms with E-state index in [4.69, 9.17) is 4.74 Å². The van der Waals surface area contributed by atoms with Crippen LogP contribution in [0.5, 0.6) is 0 Å². The summed E-state index contributed by atoms with van der Waals surface area (Å²) in [5, 5.41) is 43.4. The Hall–Kier alpha value is -1.85. The van der Waals surface area contributed by atoms with Gasteiger partial charge in [-0.1, -0.05) is 25.7 Å². The molecule has 1 aliphatic carbocycles. The van der Waals surface area contributed by atoms with Crippen LogP contribution in [0.2, 0.25) is 0 Å². The lowest BCUT2D eigenvalue weighted by atomic mass is 9.94. The SMILES string of the molecule is OC[C@H]1O[C@@H](n2cnc3c(N[C@H]4CCCCCC[C@@H]4O)ncnc32)[C@H](O)[C@@H]1O. The van der Waals surface area contributed by atoms with Crippen molar-refractivity contribution in [3.63, 3.8) is 0 Å². The first-order valence-corrected chi connectivity index (χ1v) is 9.84. The number of aliphatic hydroxyl groups is 4. The Balaban J connectivity index is 1.60. The summed E-state index contributed by atoms with van der Waals surface area (Å²) < 4.78 is 7.11. The van der Waals surface area contributed by atoms with Crippen LogP contribution in [0, 0.1) is 0 Å². The fourth-order valence-corrected chi connectivity index (χ4v) is 4.06. The summed E-state index contributed by atoms with van der Waals surface area (Å²) >= 11 is 0. The average molecular weight is 393 g/mol. The minimum absolute atomic E-state index is 0.113. The molecule has 2 aromatic heterocycles. The second-order valence-corrected chi connectivity index (χ2v) is 7.58. The van der Waals surface area contributed by atoms with E-state index in [0.717, 1.165) is 38.5 Å². The van der Waals surface area contributed by atoms with E-state index in [2.05, 4.69) is 20.3 Å². The maximum atomic E-state index is 10.5. The predicted molar refractivity (Wildman–Crippen MR) is 99.5 cm³/mol. The van der Waals surface area contributed by atoms with Crippen LogP contribution in [0.3, 0.4) is 0 Å². The molecule has 1 saturated carbocycles. The highest BCUT2D eigenvalue weighted by atomic mass is 16.6. The predicted octanol–water partition coefficient (Wildman–Crippen LogP) is -0.0666. The van der Waals surface area contributed by atoms with E-state index in [1.165, 1.54) is 17.2 Å². The van der Waals surface area contributed by atoms with E-state index >= 15 is 0 Å². The van der Waals surface area contributed by atoms with E-state index in [1.54, 1.807) is 0 Å². The third-order valence-corrected chi connectivity index (χ3v) is 5.70. The van der Waals surface area contributed by atoms with Crippen LogP contribution in [0.25, 0.3) is 11.2 Å². The molecule has 0 amide bonds. The molecule has 0 spiro atoms. The highest BCUT2D eigenvalue weighted by molar-refractivity contribution is 5.82. The Kier molecular flexibility index (Phi) is 5.74. The number of hydrogen-bond donors (Lipinski definition) is 5. The fourth-order valence-electron chi connectivity index (χ4n) is 4.06. The molecule has 4 rings (SSSR count). The molecule has 0 radical (unpaired) electrons. The smallest absolute Gasteiger partial charge is 0.167 e. The largest absolute Gasteiger partial charge is 0.394 e. The quantitative estimate of drug-likeness (QED) is 0.482. The second-order valence-electron chi connectivity index (χ2n) is 7.58. The average Bonchev–Trinajstić information content (AvgIpc) is 3.23. The number of imidazole rings is 1. The number of nitrogens with one attached hydrogen (secondary N) is 1. The number of fused-ring (bicyclic) bond motifs is 1. The topological polar surface area (TPSA) is 146 Å². The molecule has 154 valence electrons. The summed E-state index contributed by atoms with van der Waals surface area (Å²) in [7, 11) is 0. The maximum Gasteiger partial charge on any atom is 0.167 e. The van der Waals surface area contributed by atoms with Gasteiger partial charge >= 0.3 is 0 Å². The van der Waals surface area contributed by atoms with E-state index in [0.29, 0.717) is 17.0 Å². The summed E-state index contributed by atoms with van der Waals surface area (Å²) in [5.41, 5.74) is 0.933. The molecule has 1 saturated heterocycles. The first-order valence-electron chi connectivity index (χ1n) is 9.84. The monoisotopic (exact) mass is 393 g/mol. The summed E-state index contributed by atoms with van der Waals surface area (Å²) in [6.07, 6.45) is 4.18. The molecule has 2 fully saturated rings. The van der Waals surface area contributed by atoms with Gasteiger partial charge in [-0.2, -0.15) is 0 Å². The Morgan fingerprint density at radius 3 is 2.57 bits per heavy atom. The van der Waals surface area contributed by atoms with E-state index in [1.807, 2.05) is 0 Å². The van der Waals surface area contributed by atoms with E-state index < -0.39 is 37.3 Å². The second kappa shape index (κ2) is 8.26. The van der Waals surface area contributed by atoms with Crippen LogP contribution in [0.1, 0.15) is 44.8 Å². The molecule has 0 unspecified atom stereocenters. The van der Waals surface area contributed by atoms with Gasteiger partial charge < -0.3 is 30.5 Å². The molecule has 28 heavy (non-hydrogen) atoms. The lowest BCUT2D eigenvalue weighted by Gasteiger charge is -2.26. The number of ether oxygens (including phenoxy) is 1. The van der Waals surface area contributed by atoms with E-state index in [9.17, 15) is 20.4 Å². The summed E-state index contributed by atoms with van der Waals surface area (Å²) in [5.74, 6) is 0.514. The van der Waals surface area contributed by atoms with Crippen molar-refractivity contribution in [1.29, 1.82) is 0 Å². The van der Waals surface area contributed by atoms with Gasteiger partial charge in [0, 0.05) is 0 Å². The number of anilines is 1. The van der Waals surface area contributed by atoms with Crippen molar-refractivity contribution in [2.45, 2.75) is 75.2 Å². The molecule has 2 aromatic rings. The molecule has 3 heterocycles. The van der Waals surface area contributed by atoms with Crippen LogP contribution in [-0.2, 0) is 4.74 Å². The summed E-state index contributed by atoms with van der Waals surface area (Å²) in [6.45, 7) is -0.400. The minimum Gasteiger partial charge on any atom is -0.394 e. The number of nitrogens with zero attached hydrogens (tertiary/aromatic N) is 4. The maximum absolute atomic E-state index is 10.5. The first kappa shape index (κ1) is 19.5. The lowest BCUT2D eigenvalue weighted by Crippen LogP contribution is -2.34. The number of hydrogen-bond acceptors (Lipinski definition) is 9. The molecule has 0 bridgehead atoms. The normalized spacial score (nSPS) is 34.3. The van der Waals surface area contributed by atoms with Crippen molar-refractivity contribution in [3.8, 4) is 0 Å². The third kappa shape index (κ3) is 3.58. The number of aromatic nitrogens is 4. The lowest BCUT2D eigenvalue weighted by molar-refractivity contribution is -0.0511. The number of rotatable bonds is 4. The van der Waals surface area contributed by atoms with Gasteiger partial charge in [0.1, 0.15) is 24.6 Å². The van der Waals surface area contributed by atoms with Crippen LogP contribution in [0.15, 0.2) is 12.7 Å². The Labute approximate surface area is 162 Å².